The lowest BCUT2D eigenvalue weighted by Crippen LogP contribution is -2.42. The van der Waals surface area contributed by atoms with Gasteiger partial charge >= 0.3 is 0 Å². The number of hydroxylamine groups is 2. The minimum Gasteiger partial charge on any atom is -0.391 e. The van der Waals surface area contributed by atoms with Gasteiger partial charge in [-0.25, -0.2) is 19.4 Å². The van der Waals surface area contributed by atoms with Crippen molar-refractivity contribution in [2.24, 2.45) is 5.92 Å². The number of nitrogens with zero attached hydrogens (tertiary/aromatic N) is 4. The van der Waals surface area contributed by atoms with E-state index in [1.54, 1.807) is 30.3 Å². The van der Waals surface area contributed by atoms with E-state index in [4.69, 9.17) is 28.0 Å². The van der Waals surface area contributed by atoms with Crippen LogP contribution in [0.3, 0.4) is 0 Å². The molecule has 2 N–H and O–H groups in total. The smallest absolute Gasteiger partial charge is 0.278 e. The molecule has 1 fully saturated rings. The molecule has 3 aromatic rings. The minimum atomic E-state index is -1.33. The van der Waals surface area contributed by atoms with Gasteiger partial charge in [-0.2, -0.15) is 0 Å². The predicted molar refractivity (Wildman–Crippen MR) is 160 cm³/mol. The van der Waals surface area contributed by atoms with Gasteiger partial charge in [-0.1, -0.05) is 42.3 Å². The lowest BCUT2D eigenvalue weighted by Gasteiger charge is -2.41. The van der Waals surface area contributed by atoms with E-state index in [0.717, 1.165) is 36.6 Å². The van der Waals surface area contributed by atoms with Crippen LogP contribution in [0.15, 0.2) is 48.8 Å². The average Bonchev–Trinajstić information content (AvgIpc) is 2.97. The van der Waals surface area contributed by atoms with Crippen LogP contribution in [0.1, 0.15) is 66.0 Å². The maximum Gasteiger partial charge on any atom is 0.278 e. The highest BCUT2D eigenvalue weighted by molar-refractivity contribution is 6.30. The number of piperidine rings is 1. The van der Waals surface area contributed by atoms with E-state index in [-0.39, 0.29) is 42.4 Å². The van der Waals surface area contributed by atoms with Crippen molar-refractivity contribution in [1.82, 2.24) is 19.9 Å². The Morgan fingerprint density at radius 3 is 2.40 bits per heavy atom. The summed E-state index contributed by atoms with van der Waals surface area (Å²) >= 11 is 12.0. The zero-order chi connectivity index (χ0) is 30.4. The number of carbonyl (C=O) groups is 1. The van der Waals surface area contributed by atoms with E-state index in [0.29, 0.717) is 22.0 Å². The van der Waals surface area contributed by atoms with Crippen LogP contribution in [-0.2, 0) is 23.4 Å². The van der Waals surface area contributed by atoms with Crippen molar-refractivity contribution >= 4 is 29.1 Å². The van der Waals surface area contributed by atoms with Crippen LogP contribution in [-0.4, -0.2) is 68.9 Å². The Balaban J connectivity index is 1.80. The Bertz CT molecular complexity index is 1350. The third kappa shape index (κ3) is 7.83. The average molecular weight is 620 g/mol. The van der Waals surface area contributed by atoms with Gasteiger partial charge in [-0.05, 0) is 87.6 Å². The van der Waals surface area contributed by atoms with Gasteiger partial charge in [0.25, 0.3) is 5.91 Å². The van der Waals surface area contributed by atoms with E-state index in [9.17, 15) is 15.0 Å². The van der Waals surface area contributed by atoms with Crippen molar-refractivity contribution in [2.45, 2.75) is 57.8 Å². The Hall–Kier alpha value is -2.66. The quantitative estimate of drug-likeness (QED) is 0.277. The molecule has 1 aromatic heterocycles. The molecule has 1 aliphatic rings. The van der Waals surface area contributed by atoms with Gasteiger partial charge in [0.15, 0.2) is 0 Å². The minimum absolute atomic E-state index is 0.0410. The van der Waals surface area contributed by atoms with Crippen molar-refractivity contribution in [2.75, 3.05) is 26.7 Å². The van der Waals surface area contributed by atoms with Gasteiger partial charge in [0.2, 0.25) is 0 Å². The highest BCUT2D eigenvalue weighted by Crippen LogP contribution is 2.40. The van der Waals surface area contributed by atoms with Crippen LogP contribution < -0.4 is 0 Å². The van der Waals surface area contributed by atoms with Crippen LogP contribution in [0.25, 0.3) is 0 Å². The molecule has 8 nitrogen and oxygen atoms in total. The van der Waals surface area contributed by atoms with Crippen LogP contribution in [0.5, 0.6) is 0 Å². The summed E-state index contributed by atoms with van der Waals surface area (Å²) in [5, 5.41) is 23.8. The Labute approximate surface area is 256 Å². The molecule has 226 valence electrons. The molecule has 2 aromatic carbocycles. The molecule has 0 saturated carbocycles. The summed E-state index contributed by atoms with van der Waals surface area (Å²) in [4.78, 5) is 30.4. The van der Waals surface area contributed by atoms with Crippen LogP contribution in [0.2, 0.25) is 10.0 Å². The first kappa shape index (κ1) is 32.3. The lowest BCUT2D eigenvalue weighted by atomic mass is 9.73. The van der Waals surface area contributed by atoms with Gasteiger partial charge in [0.05, 0.1) is 16.7 Å². The highest BCUT2D eigenvalue weighted by atomic mass is 35.5. The second kappa shape index (κ2) is 14.2. The maximum absolute atomic E-state index is 16.1. The zero-order valence-electron chi connectivity index (χ0n) is 24.1. The van der Waals surface area contributed by atoms with E-state index in [1.807, 2.05) is 14.0 Å². The molecule has 2 heterocycles. The third-order valence-electron chi connectivity index (χ3n) is 7.81. The fourth-order valence-electron chi connectivity index (χ4n) is 5.34. The van der Waals surface area contributed by atoms with Crippen molar-refractivity contribution in [3.05, 3.63) is 92.7 Å². The van der Waals surface area contributed by atoms with Gasteiger partial charge in [-0.3, -0.25) is 9.63 Å². The fraction of sp³-hybridized carbons (Fsp3) is 0.452. The second-order valence-electron chi connectivity index (χ2n) is 10.9. The van der Waals surface area contributed by atoms with Crippen LogP contribution >= 0.6 is 23.2 Å². The summed E-state index contributed by atoms with van der Waals surface area (Å²) in [7, 11) is 2.04. The molecule has 1 amide bonds. The summed E-state index contributed by atoms with van der Waals surface area (Å²) in [6.45, 7) is 4.66. The van der Waals surface area contributed by atoms with Crippen LogP contribution in [0.4, 0.5) is 4.39 Å². The molecule has 4 rings (SSSR count). The van der Waals surface area contributed by atoms with E-state index >= 15 is 4.39 Å². The van der Waals surface area contributed by atoms with E-state index in [1.165, 1.54) is 25.4 Å². The number of rotatable bonds is 11. The molecule has 1 saturated heterocycles. The number of carbonyl (C=O) groups excluding carboxylic acids is 1. The summed E-state index contributed by atoms with van der Waals surface area (Å²) in [6.07, 6.45) is 3.87. The Morgan fingerprint density at radius 1 is 1.17 bits per heavy atom. The highest BCUT2D eigenvalue weighted by Gasteiger charge is 2.40. The summed E-state index contributed by atoms with van der Waals surface area (Å²) in [6, 6.07) is 9.89. The molecule has 0 aliphatic carbocycles. The standard InChI is InChI=1S/C31H37Cl2FN4O4/c1-4-31(41,22-9-11-37(3)12-10-22)23-14-27(26(28(34)15-23)13-21-5-7-24(32)8-6-21)30(40)38(42-19-20(2)39)18-29-35-16-25(33)17-36-29/h5-8,14-17,20,22,39,41H,4,9-13,18-19H2,1-3H3/t20-,31+/m1/s1. The first-order valence-electron chi connectivity index (χ1n) is 14.1. The predicted octanol–water partition coefficient (Wildman–Crippen LogP) is 5.41. The van der Waals surface area contributed by atoms with Gasteiger partial charge in [-0.15, -0.1) is 0 Å². The van der Waals surface area contributed by atoms with Gasteiger partial charge < -0.3 is 15.1 Å². The van der Waals surface area contributed by atoms with Gasteiger partial charge in [0, 0.05) is 35.0 Å². The largest absolute Gasteiger partial charge is 0.391 e. The Kier molecular flexibility index (Phi) is 10.9. The van der Waals surface area contributed by atoms with Crippen molar-refractivity contribution < 1.29 is 24.2 Å². The second-order valence-corrected chi connectivity index (χ2v) is 11.8. The van der Waals surface area contributed by atoms with Gasteiger partial charge in [0.1, 0.15) is 24.8 Å². The molecule has 1 aliphatic heterocycles. The number of halogens is 3. The lowest BCUT2D eigenvalue weighted by molar-refractivity contribution is -0.150. The molecular weight excluding hydrogens is 582 g/mol. The third-order valence-corrected chi connectivity index (χ3v) is 8.26. The number of likely N-dealkylation sites (tertiary alicyclic amines) is 1. The monoisotopic (exact) mass is 618 g/mol. The SMILES string of the molecule is CC[C@@](O)(c1cc(F)c(Cc2ccc(Cl)cc2)c(C(=O)N(Cc2ncc(Cl)cn2)OC[C@@H](C)O)c1)C1CCN(C)CC1. The topological polar surface area (TPSA) is 99.0 Å². The number of amides is 1. The summed E-state index contributed by atoms with van der Waals surface area (Å²) in [5.74, 6) is -1.12. The molecule has 0 radical (unpaired) electrons. The molecule has 42 heavy (non-hydrogen) atoms. The molecular formula is C31H37Cl2FN4O4. The summed E-state index contributed by atoms with van der Waals surface area (Å²) in [5.41, 5.74) is -0.0485. The van der Waals surface area contributed by atoms with Crippen molar-refractivity contribution in [3.8, 4) is 0 Å². The molecule has 0 bridgehead atoms. The fourth-order valence-corrected chi connectivity index (χ4v) is 5.56. The maximum atomic E-state index is 16.1. The number of aromatic nitrogens is 2. The Morgan fingerprint density at radius 2 is 1.81 bits per heavy atom. The molecule has 11 heteroatoms. The normalized spacial score (nSPS) is 16.7. The van der Waals surface area contributed by atoms with Crippen LogP contribution in [0, 0.1) is 11.7 Å². The number of aliphatic hydroxyl groups excluding tert-OH is 1. The molecule has 0 unspecified atom stereocenters. The molecule has 0 spiro atoms. The number of aliphatic hydroxyl groups is 2. The number of hydrogen-bond donors (Lipinski definition) is 2. The van der Waals surface area contributed by atoms with E-state index in [2.05, 4.69) is 14.9 Å². The summed E-state index contributed by atoms with van der Waals surface area (Å²) < 4.78 is 16.1. The first-order chi connectivity index (χ1) is 20.0. The van der Waals surface area contributed by atoms with Crippen molar-refractivity contribution in [3.63, 3.8) is 0 Å². The van der Waals surface area contributed by atoms with Crippen molar-refractivity contribution in [1.29, 1.82) is 0 Å². The zero-order valence-corrected chi connectivity index (χ0v) is 25.6. The first-order valence-corrected chi connectivity index (χ1v) is 14.8. The number of benzene rings is 2. The van der Waals surface area contributed by atoms with E-state index < -0.39 is 23.4 Å². The molecule has 2 atom stereocenters. The number of hydrogen-bond acceptors (Lipinski definition) is 7.